The van der Waals surface area contributed by atoms with Gasteiger partial charge in [0.2, 0.25) is 5.60 Å². The maximum absolute atomic E-state index is 13.7. The lowest BCUT2D eigenvalue weighted by Gasteiger charge is -2.27. The molecule has 15 heteroatoms. The topological polar surface area (TPSA) is 204 Å². The minimum Gasteiger partial charge on any atom is -0.464 e. The number of nitrogens with two attached hydrogens (primary N) is 1. The van der Waals surface area contributed by atoms with Crippen molar-refractivity contribution in [1.82, 2.24) is 19.7 Å². The molecular weight excluding hydrogens is 543 g/mol. The van der Waals surface area contributed by atoms with Crippen molar-refractivity contribution in [3.05, 3.63) is 54.5 Å². The number of nitrogens with zero attached hydrogens (tertiary/aromatic N) is 4. The zero-order valence-electron chi connectivity index (χ0n) is 22.1. The monoisotopic (exact) mass is 574 g/mol. The van der Waals surface area contributed by atoms with E-state index in [9.17, 15) is 24.8 Å². The van der Waals surface area contributed by atoms with E-state index >= 15 is 0 Å². The van der Waals surface area contributed by atoms with Crippen LogP contribution in [0.4, 0.5) is 5.82 Å². The number of rotatable bonds is 10. The number of nitrogen functional groups attached to an aromatic ring is 1. The van der Waals surface area contributed by atoms with Crippen LogP contribution in [-0.2, 0) is 23.4 Å². The highest BCUT2D eigenvalue weighted by atomic mass is 31.2. The van der Waals surface area contributed by atoms with Crippen LogP contribution in [0.1, 0.15) is 32.6 Å². The third kappa shape index (κ3) is 6.10. The molecule has 40 heavy (non-hydrogen) atoms. The number of nitriles is 1. The van der Waals surface area contributed by atoms with E-state index in [-0.39, 0.29) is 24.7 Å². The summed E-state index contributed by atoms with van der Waals surface area (Å²) in [4.78, 5) is 16.0. The van der Waals surface area contributed by atoms with E-state index in [1.807, 2.05) is 6.07 Å². The van der Waals surface area contributed by atoms with Crippen LogP contribution in [0.15, 0.2) is 48.8 Å². The van der Waals surface area contributed by atoms with Crippen LogP contribution in [-0.4, -0.2) is 68.3 Å². The molecule has 0 amide bonds. The fourth-order valence-electron chi connectivity index (χ4n) is 3.92. The fourth-order valence-corrected chi connectivity index (χ4v) is 5.26. The average molecular weight is 575 g/mol. The molecule has 5 N–H and O–H groups in total. The van der Waals surface area contributed by atoms with Gasteiger partial charge in [-0.05, 0) is 45.0 Å². The Balaban J connectivity index is 1.52. The van der Waals surface area contributed by atoms with Crippen LogP contribution in [0, 0.1) is 16.7 Å². The number of carbonyl (C=O) groups is 1. The lowest BCUT2D eigenvalue weighted by atomic mass is 9.96. The van der Waals surface area contributed by atoms with E-state index in [4.69, 9.17) is 24.3 Å². The zero-order valence-corrected chi connectivity index (χ0v) is 23.0. The van der Waals surface area contributed by atoms with E-state index in [2.05, 4.69) is 15.2 Å². The normalized spacial score (nSPS) is 24.4. The van der Waals surface area contributed by atoms with Crippen LogP contribution in [0.2, 0.25) is 0 Å². The number of aliphatic hydroxyl groups excluding tert-OH is 2. The van der Waals surface area contributed by atoms with Gasteiger partial charge in [0.25, 0.3) is 0 Å². The molecule has 3 heterocycles. The maximum Gasteiger partial charge on any atom is 0.458 e. The molecule has 214 valence electrons. The van der Waals surface area contributed by atoms with E-state index < -0.39 is 49.7 Å². The van der Waals surface area contributed by atoms with Crippen molar-refractivity contribution in [1.29, 1.82) is 5.26 Å². The Morgan fingerprint density at radius 3 is 2.67 bits per heavy atom. The Kier molecular flexibility index (Phi) is 8.46. The second-order valence-electron chi connectivity index (χ2n) is 10.1. The van der Waals surface area contributed by atoms with Crippen LogP contribution >= 0.6 is 7.75 Å². The number of nitrogens with one attached hydrogen (secondary N) is 1. The average Bonchev–Trinajstić information content (AvgIpc) is 3.46. The molecule has 1 fully saturated rings. The highest BCUT2D eigenvalue weighted by molar-refractivity contribution is 7.52. The number of hydrogen-bond donors (Lipinski definition) is 4. The van der Waals surface area contributed by atoms with Gasteiger partial charge in [-0.2, -0.15) is 10.4 Å². The Bertz CT molecular complexity index is 1440. The van der Waals surface area contributed by atoms with Gasteiger partial charge in [-0.25, -0.2) is 19.2 Å². The molecule has 1 aliphatic rings. The Labute approximate surface area is 230 Å². The largest absolute Gasteiger partial charge is 0.464 e. The summed E-state index contributed by atoms with van der Waals surface area (Å²) in [6.07, 6.45) is -3.33. The number of esters is 1. The van der Waals surface area contributed by atoms with Gasteiger partial charge in [0.15, 0.2) is 5.82 Å². The van der Waals surface area contributed by atoms with E-state index in [1.54, 1.807) is 63.2 Å². The predicted molar refractivity (Wildman–Crippen MR) is 141 cm³/mol. The molecule has 5 atom stereocenters. The Morgan fingerprint density at radius 1 is 1.27 bits per heavy atom. The summed E-state index contributed by atoms with van der Waals surface area (Å²) in [6, 6.07) is 13.2. The van der Waals surface area contributed by atoms with Crippen LogP contribution in [0.5, 0.6) is 5.75 Å². The predicted octanol–water partition coefficient (Wildman–Crippen LogP) is 1.75. The van der Waals surface area contributed by atoms with Gasteiger partial charge in [0.05, 0.1) is 11.1 Å². The zero-order chi connectivity index (χ0) is 29.1. The Hall–Kier alpha value is -3.57. The van der Waals surface area contributed by atoms with Crippen molar-refractivity contribution in [3.8, 4) is 11.8 Å². The van der Waals surface area contributed by atoms with Gasteiger partial charge < -0.3 is 29.9 Å². The van der Waals surface area contributed by atoms with Crippen molar-refractivity contribution in [2.45, 2.75) is 44.7 Å². The van der Waals surface area contributed by atoms with Crippen molar-refractivity contribution in [2.75, 3.05) is 25.5 Å². The van der Waals surface area contributed by atoms with Gasteiger partial charge in [-0.3, -0.25) is 9.32 Å². The van der Waals surface area contributed by atoms with Crippen molar-refractivity contribution in [2.24, 2.45) is 5.41 Å². The highest BCUT2D eigenvalue weighted by Gasteiger charge is 2.57. The fraction of sp³-hybridized carbons (Fsp3) is 0.440. The third-order valence-electron chi connectivity index (χ3n) is 6.11. The van der Waals surface area contributed by atoms with E-state index in [0.29, 0.717) is 11.2 Å². The van der Waals surface area contributed by atoms with Crippen molar-refractivity contribution in [3.63, 3.8) is 0 Å². The van der Waals surface area contributed by atoms with Gasteiger partial charge in [-0.1, -0.05) is 18.2 Å². The first-order valence-electron chi connectivity index (χ1n) is 12.3. The summed E-state index contributed by atoms with van der Waals surface area (Å²) < 4.78 is 37.3. The molecule has 0 bridgehead atoms. The second-order valence-corrected chi connectivity index (χ2v) is 11.9. The number of carbonyl (C=O) groups excluding carboxylic acids is 1. The summed E-state index contributed by atoms with van der Waals surface area (Å²) in [5.41, 5.74) is 3.75. The summed E-state index contributed by atoms with van der Waals surface area (Å²) in [6.45, 7) is 4.09. The number of aliphatic hydroxyl groups is 2. The van der Waals surface area contributed by atoms with E-state index in [0.717, 1.165) is 0 Å². The number of ether oxygens (including phenoxy) is 2. The summed E-state index contributed by atoms with van der Waals surface area (Å²) in [7, 11) is -4.23. The SMILES string of the molecule is CC(C)(C)C(=O)OCCNP(=O)(OC[C@@]1(C#N)O[C@@H](c2ccc3c(N)ncnn23)[C@H](O)[C@@H]1O)Oc1ccccc1. The highest BCUT2D eigenvalue weighted by Crippen LogP contribution is 2.48. The van der Waals surface area contributed by atoms with Crippen LogP contribution in [0.25, 0.3) is 5.52 Å². The lowest BCUT2D eigenvalue weighted by molar-refractivity contribution is -0.152. The standard InChI is InChI=1S/C25H31N6O8P/c1-24(2,3)23(34)36-12-11-30-40(35,39-16-7-5-4-6-8-16)37-14-25(13-26)21(33)19(32)20(38-25)17-9-10-18-22(27)28-15-29-31(17)18/h4-10,15,19-21,32-33H,11-12,14H2,1-3H3,(H,30,35)(H2,27,28,29)/t19-,20-,21-,25+,40?/m0/s1. The quantitative estimate of drug-likeness (QED) is 0.155. The molecule has 3 aromatic rings. The molecule has 0 spiro atoms. The molecule has 0 saturated carbocycles. The summed E-state index contributed by atoms with van der Waals surface area (Å²) in [5, 5.41) is 38.5. The minimum atomic E-state index is -4.23. The first kappa shape index (κ1) is 29.4. The molecular formula is C25H31N6O8P. The van der Waals surface area contributed by atoms with Crippen molar-refractivity contribution >= 4 is 25.1 Å². The smallest absolute Gasteiger partial charge is 0.458 e. The second kappa shape index (κ2) is 11.5. The van der Waals surface area contributed by atoms with Crippen LogP contribution in [0.3, 0.4) is 0 Å². The molecule has 1 aromatic carbocycles. The van der Waals surface area contributed by atoms with E-state index in [1.165, 1.54) is 10.8 Å². The van der Waals surface area contributed by atoms with Crippen molar-refractivity contribution < 1.29 is 38.1 Å². The maximum atomic E-state index is 13.7. The number of benzene rings is 1. The lowest BCUT2D eigenvalue weighted by Crippen LogP contribution is -2.46. The number of hydrogen-bond acceptors (Lipinski definition) is 12. The minimum absolute atomic E-state index is 0.114. The summed E-state index contributed by atoms with van der Waals surface area (Å²) in [5.74, 6) is -0.0777. The first-order chi connectivity index (χ1) is 18.9. The number of fused-ring (bicyclic) bond motifs is 1. The van der Waals surface area contributed by atoms with Gasteiger partial charge in [0, 0.05) is 6.54 Å². The molecule has 2 aromatic heterocycles. The van der Waals surface area contributed by atoms with Gasteiger partial charge >= 0.3 is 13.7 Å². The molecule has 1 unspecified atom stereocenters. The molecule has 1 aliphatic heterocycles. The molecule has 1 saturated heterocycles. The molecule has 4 rings (SSSR count). The van der Waals surface area contributed by atoms with Crippen LogP contribution < -0.4 is 15.3 Å². The molecule has 0 aliphatic carbocycles. The number of anilines is 1. The van der Waals surface area contributed by atoms with Gasteiger partial charge in [0.1, 0.15) is 55.2 Å². The number of para-hydroxylation sites is 1. The first-order valence-corrected chi connectivity index (χ1v) is 13.9. The molecule has 14 nitrogen and oxygen atoms in total. The number of aromatic nitrogens is 3. The van der Waals surface area contributed by atoms with Gasteiger partial charge in [-0.15, -0.1) is 0 Å². The molecule has 0 radical (unpaired) electrons. The third-order valence-corrected chi connectivity index (χ3v) is 7.64. The Morgan fingerprint density at radius 2 is 2.00 bits per heavy atom. The summed E-state index contributed by atoms with van der Waals surface area (Å²) >= 11 is 0.